The summed E-state index contributed by atoms with van der Waals surface area (Å²) in [4.78, 5) is 25.2. The smallest absolute Gasteiger partial charge is 0.352 e. The molecule has 2 aliphatic heterocycles. The molecule has 1 amide bonds. The summed E-state index contributed by atoms with van der Waals surface area (Å²) in [5.74, 6) is -2.95. The Kier molecular flexibility index (Phi) is 4.92. The van der Waals surface area contributed by atoms with E-state index in [1.165, 1.54) is 19.1 Å². The third-order valence-electron chi connectivity index (χ3n) is 5.47. The first kappa shape index (κ1) is 20.5. The van der Waals surface area contributed by atoms with Gasteiger partial charge in [0.25, 0.3) is 0 Å². The van der Waals surface area contributed by atoms with Gasteiger partial charge in [-0.15, -0.1) is 0 Å². The van der Waals surface area contributed by atoms with E-state index in [9.17, 15) is 28.2 Å². The van der Waals surface area contributed by atoms with Crippen molar-refractivity contribution < 1.29 is 28.2 Å². The number of aliphatic hydroxyl groups excluding tert-OH is 1. The molecule has 3 atom stereocenters. The van der Waals surface area contributed by atoms with Crippen LogP contribution in [-0.2, 0) is 24.8 Å². The van der Waals surface area contributed by atoms with E-state index in [4.69, 9.17) is 0 Å². The van der Waals surface area contributed by atoms with Crippen LogP contribution < -0.4 is 0 Å². The van der Waals surface area contributed by atoms with Crippen LogP contribution in [0.1, 0.15) is 39.7 Å². The van der Waals surface area contributed by atoms with Crippen LogP contribution in [0.2, 0.25) is 0 Å². The summed E-state index contributed by atoms with van der Waals surface area (Å²) >= 11 is 0. The number of carboxylic acids is 1. The summed E-state index contributed by atoms with van der Waals surface area (Å²) in [6.07, 6.45) is -0.771. The second-order valence-corrected chi connectivity index (χ2v) is 10.5. The molecule has 1 saturated heterocycles. The number of hydrogen-bond acceptors (Lipinski definition) is 5. The van der Waals surface area contributed by atoms with Gasteiger partial charge in [-0.05, 0) is 42.0 Å². The van der Waals surface area contributed by atoms with E-state index in [1.54, 1.807) is 12.1 Å². The van der Waals surface area contributed by atoms with Crippen molar-refractivity contribution in [2.75, 3.05) is 5.75 Å². The fourth-order valence-corrected chi connectivity index (χ4v) is 5.40. The van der Waals surface area contributed by atoms with Crippen molar-refractivity contribution in [2.45, 2.75) is 56.6 Å². The van der Waals surface area contributed by atoms with Crippen LogP contribution in [-0.4, -0.2) is 53.3 Å². The first-order valence-corrected chi connectivity index (χ1v) is 10.8. The lowest BCUT2D eigenvalue weighted by Crippen LogP contribution is -2.61. The summed E-state index contributed by atoms with van der Waals surface area (Å²) in [7, 11) is -3.77. The predicted octanol–water partition coefficient (Wildman–Crippen LogP) is 1.71. The van der Waals surface area contributed by atoms with E-state index in [2.05, 4.69) is 0 Å². The molecule has 1 aromatic carbocycles. The molecule has 0 aliphatic carbocycles. The van der Waals surface area contributed by atoms with Crippen molar-refractivity contribution in [1.82, 2.24) is 4.90 Å². The first-order valence-electron chi connectivity index (χ1n) is 9.14. The number of amides is 1. The summed E-state index contributed by atoms with van der Waals surface area (Å²) in [6.45, 7) is 7.56. The van der Waals surface area contributed by atoms with Crippen LogP contribution in [0.3, 0.4) is 0 Å². The molecule has 0 aromatic heterocycles. The van der Waals surface area contributed by atoms with Crippen molar-refractivity contribution in [3.05, 3.63) is 41.1 Å². The maximum atomic E-state index is 12.9. The maximum Gasteiger partial charge on any atom is 0.352 e. The van der Waals surface area contributed by atoms with Crippen LogP contribution >= 0.6 is 0 Å². The number of sulfone groups is 1. The highest BCUT2D eigenvalue weighted by Crippen LogP contribution is 2.44. The lowest BCUT2D eigenvalue weighted by molar-refractivity contribution is -0.161. The lowest BCUT2D eigenvalue weighted by Gasteiger charge is -2.44. The van der Waals surface area contributed by atoms with Gasteiger partial charge in [0.2, 0.25) is 5.91 Å². The number of aliphatic hydroxyl groups is 1. The summed E-state index contributed by atoms with van der Waals surface area (Å²) in [5.41, 5.74) is 0.818. The highest BCUT2D eigenvalue weighted by atomic mass is 32.2. The van der Waals surface area contributed by atoms with Gasteiger partial charge in [0.15, 0.2) is 9.84 Å². The summed E-state index contributed by atoms with van der Waals surface area (Å²) in [5, 5.41) is 19.3. The summed E-state index contributed by atoms with van der Waals surface area (Å²) in [6, 6.07) is 6.09. The number of β-lactam (4-membered cyclic amide) rings is 1. The maximum absolute atomic E-state index is 12.9. The topological polar surface area (TPSA) is 112 Å². The lowest BCUT2D eigenvalue weighted by atomic mass is 9.83. The van der Waals surface area contributed by atoms with Gasteiger partial charge in [0.05, 0.1) is 28.7 Å². The minimum atomic E-state index is -3.77. The minimum Gasteiger partial charge on any atom is -0.477 e. The second kappa shape index (κ2) is 6.70. The van der Waals surface area contributed by atoms with E-state index in [-0.39, 0.29) is 28.0 Å². The van der Waals surface area contributed by atoms with Gasteiger partial charge < -0.3 is 15.1 Å². The Balaban J connectivity index is 1.90. The number of benzene rings is 1. The number of rotatable bonds is 5. The van der Waals surface area contributed by atoms with E-state index < -0.39 is 45.5 Å². The number of fused-ring (bicyclic) bond motifs is 1. The number of carbonyl (C=O) groups is 2. The second-order valence-electron chi connectivity index (χ2n) is 8.54. The third-order valence-corrected chi connectivity index (χ3v) is 7.19. The van der Waals surface area contributed by atoms with Crippen LogP contribution in [0.15, 0.2) is 40.4 Å². The van der Waals surface area contributed by atoms with E-state index in [0.29, 0.717) is 0 Å². The largest absolute Gasteiger partial charge is 0.477 e. The Hall–Kier alpha value is -2.19. The summed E-state index contributed by atoms with van der Waals surface area (Å²) < 4.78 is 25.7. The average Bonchev–Trinajstić information content (AvgIpc) is 2.87. The van der Waals surface area contributed by atoms with Gasteiger partial charge in [-0.3, -0.25) is 4.79 Å². The highest BCUT2D eigenvalue weighted by molar-refractivity contribution is 7.91. The SMILES string of the molecule is C[C@@H](O)[C@@H]1C(=O)N2C(C(=O)O)=C(CS(=O)(=O)c3ccc(C(C)(C)C)cc3)C[C@H]12. The number of carboxylic acid groups (broad SMARTS) is 1. The van der Waals surface area contributed by atoms with Crippen molar-refractivity contribution in [3.8, 4) is 0 Å². The molecule has 1 aromatic rings. The number of carbonyl (C=O) groups excluding carboxylic acids is 1. The van der Waals surface area contributed by atoms with E-state index >= 15 is 0 Å². The van der Waals surface area contributed by atoms with E-state index in [1.807, 2.05) is 20.8 Å². The molecule has 1 fully saturated rings. The molecule has 152 valence electrons. The third kappa shape index (κ3) is 3.35. The fraction of sp³-hybridized carbons (Fsp3) is 0.500. The zero-order valence-electron chi connectivity index (χ0n) is 16.3. The van der Waals surface area contributed by atoms with Gasteiger partial charge >= 0.3 is 5.97 Å². The van der Waals surface area contributed by atoms with Crippen LogP contribution in [0.5, 0.6) is 0 Å². The molecule has 0 saturated carbocycles. The van der Waals surface area contributed by atoms with Crippen molar-refractivity contribution in [2.24, 2.45) is 5.92 Å². The van der Waals surface area contributed by atoms with Crippen molar-refractivity contribution in [3.63, 3.8) is 0 Å². The van der Waals surface area contributed by atoms with Gasteiger partial charge in [0.1, 0.15) is 5.70 Å². The Morgan fingerprint density at radius 2 is 1.82 bits per heavy atom. The van der Waals surface area contributed by atoms with Gasteiger partial charge in [-0.2, -0.15) is 0 Å². The standard InChI is InChI=1S/C20H25NO6S/c1-11(22)16-15-9-12(17(19(24)25)21(15)18(16)23)10-28(26,27)14-7-5-13(6-8-14)20(2,3)4/h5-8,11,15-16,22H,9-10H2,1-4H3,(H,24,25)/t11-,15-,16+/m1/s1. The number of nitrogens with zero attached hydrogens (tertiary/aromatic N) is 1. The van der Waals surface area contributed by atoms with Crippen LogP contribution in [0, 0.1) is 5.92 Å². The first-order chi connectivity index (χ1) is 12.8. The van der Waals surface area contributed by atoms with Crippen LogP contribution in [0.25, 0.3) is 0 Å². The Morgan fingerprint density at radius 1 is 1.25 bits per heavy atom. The van der Waals surface area contributed by atoms with Crippen molar-refractivity contribution >= 4 is 21.7 Å². The molecule has 2 aliphatic rings. The highest BCUT2D eigenvalue weighted by Gasteiger charge is 2.56. The molecule has 2 N–H and O–H groups in total. The molecule has 0 radical (unpaired) electrons. The molecular formula is C20H25NO6S. The molecule has 2 heterocycles. The molecular weight excluding hydrogens is 382 g/mol. The molecule has 3 rings (SSSR count). The predicted molar refractivity (Wildman–Crippen MR) is 102 cm³/mol. The van der Waals surface area contributed by atoms with Crippen molar-refractivity contribution in [1.29, 1.82) is 0 Å². The fourth-order valence-electron chi connectivity index (χ4n) is 3.97. The monoisotopic (exact) mass is 407 g/mol. The molecule has 8 heteroatoms. The zero-order valence-corrected chi connectivity index (χ0v) is 17.2. The van der Waals surface area contributed by atoms with E-state index in [0.717, 1.165) is 10.5 Å². The Labute approximate surface area is 164 Å². The van der Waals surface area contributed by atoms with Gasteiger partial charge in [0, 0.05) is 0 Å². The minimum absolute atomic E-state index is 0.115. The quantitative estimate of drug-likeness (QED) is 0.719. The van der Waals surface area contributed by atoms with Gasteiger partial charge in [-0.25, -0.2) is 13.2 Å². The van der Waals surface area contributed by atoms with Gasteiger partial charge in [-0.1, -0.05) is 32.9 Å². The number of aliphatic carboxylic acids is 1. The Morgan fingerprint density at radius 3 is 2.29 bits per heavy atom. The zero-order chi connectivity index (χ0) is 21.0. The average molecular weight is 407 g/mol. The van der Waals surface area contributed by atoms with Crippen LogP contribution in [0.4, 0.5) is 0 Å². The molecule has 28 heavy (non-hydrogen) atoms. The molecule has 0 bridgehead atoms. The normalized spacial score (nSPS) is 23.5. The Bertz CT molecular complexity index is 953. The molecule has 7 nitrogen and oxygen atoms in total. The molecule has 0 unspecified atom stereocenters. The number of hydrogen-bond donors (Lipinski definition) is 2. The molecule has 0 spiro atoms.